The topological polar surface area (TPSA) is 12.0 Å². The van der Waals surface area contributed by atoms with E-state index in [2.05, 4.69) is 42.0 Å². The van der Waals surface area contributed by atoms with E-state index in [9.17, 15) is 13.2 Å². The Labute approximate surface area is 132 Å². The highest BCUT2D eigenvalue weighted by molar-refractivity contribution is 9.10. The van der Waals surface area contributed by atoms with Crippen LogP contribution >= 0.6 is 15.9 Å². The summed E-state index contributed by atoms with van der Waals surface area (Å²) in [5, 5.41) is 3.13. The number of alkyl halides is 3. The molecule has 1 aliphatic carbocycles. The average Bonchev–Trinajstić information content (AvgIpc) is 2.27. The monoisotopic (exact) mass is 363 g/mol. The summed E-state index contributed by atoms with van der Waals surface area (Å²) >= 11 is 3.11. The van der Waals surface area contributed by atoms with Crippen LogP contribution in [0, 0.1) is 11.3 Å². The first-order valence-corrected chi connectivity index (χ1v) is 7.99. The highest BCUT2D eigenvalue weighted by Gasteiger charge is 2.36. The zero-order chi connectivity index (χ0) is 15.8. The maximum absolute atomic E-state index is 13.2. The highest BCUT2D eigenvalue weighted by Crippen LogP contribution is 2.42. The molecular formula is C16H21BrF3N. The normalized spacial score (nSPS) is 25.7. The Morgan fingerprint density at radius 1 is 1.24 bits per heavy atom. The summed E-state index contributed by atoms with van der Waals surface area (Å²) in [6.45, 7) is 6.54. The third kappa shape index (κ3) is 4.38. The van der Waals surface area contributed by atoms with Crippen molar-refractivity contribution < 1.29 is 13.2 Å². The van der Waals surface area contributed by atoms with E-state index >= 15 is 0 Å². The molecule has 1 nitrogen and oxygen atoms in total. The van der Waals surface area contributed by atoms with Crippen molar-refractivity contribution in [1.29, 1.82) is 0 Å². The van der Waals surface area contributed by atoms with Gasteiger partial charge in [-0.15, -0.1) is 0 Å². The minimum absolute atomic E-state index is 0.0889. The van der Waals surface area contributed by atoms with Crippen molar-refractivity contribution in [1.82, 2.24) is 0 Å². The molecule has 0 amide bonds. The molecule has 21 heavy (non-hydrogen) atoms. The van der Waals surface area contributed by atoms with E-state index < -0.39 is 11.7 Å². The predicted octanol–water partition coefficient (Wildman–Crippen LogP) is 6.09. The van der Waals surface area contributed by atoms with Gasteiger partial charge in [-0.2, -0.15) is 13.2 Å². The molecule has 118 valence electrons. The second-order valence-corrected chi connectivity index (χ2v) is 7.86. The van der Waals surface area contributed by atoms with Crippen molar-refractivity contribution >= 4 is 21.6 Å². The number of nitrogens with one attached hydrogen (secondary N) is 1. The molecular weight excluding hydrogens is 343 g/mol. The van der Waals surface area contributed by atoms with Crippen molar-refractivity contribution in [2.45, 2.75) is 52.3 Å². The summed E-state index contributed by atoms with van der Waals surface area (Å²) in [5.41, 5.74) is -0.253. The first-order valence-electron chi connectivity index (χ1n) is 7.20. The SMILES string of the molecule is CC1CC(Nc2ccc(Br)cc2C(F)(F)F)CC(C)(C)C1. The largest absolute Gasteiger partial charge is 0.418 e. The molecule has 0 radical (unpaired) electrons. The molecule has 2 rings (SSSR count). The van der Waals surface area contributed by atoms with Gasteiger partial charge < -0.3 is 5.32 Å². The number of hydrogen-bond acceptors (Lipinski definition) is 1. The number of benzene rings is 1. The Morgan fingerprint density at radius 2 is 1.90 bits per heavy atom. The van der Waals surface area contributed by atoms with Crippen molar-refractivity contribution in [3.05, 3.63) is 28.2 Å². The van der Waals surface area contributed by atoms with Gasteiger partial charge in [-0.3, -0.25) is 0 Å². The van der Waals surface area contributed by atoms with Crippen LogP contribution in [0.3, 0.4) is 0 Å². The average molecular weight is 364 g/mol. The molecule has 1 N–H and O–H groups in total. The van der Waals surface area contributed by atoms with Crippen molar-refractivity contribution in [2.24, 2.45) is 11.3 Å². The third-order valence-electron chi connectivity index (χ3n) is 4.03. The van der Waals surface area contributed by atoms with Crippen molar-refractivity contribution in [3.8, 4) is 0 Å². The van der Waals surface area contributed by atoms with Gasteiger partial charge in [-0.05, 0) is 48.8 Å². The molecule has 1 aromatic rings. The number of rotatable bonds is 2. The molecule has 2 unspecified atom stereocenters. The smallest absolute Gasteiger partial charge is 0.382 e. The van der Waals surface area contributed by atoms with Crippen LogP contribution in [0.25, 0.3) is 0 Å². The number of halogens is 4. The van der Waals surface area contributed by atoms with Gasteiger partial charge in [0.15, 0.2) is 0 Å². The summed E-state index contributed by atoms with van der Waals surface area (Å²) in [4.78, 5) is 0. The van der Waals surface area contributed by atoms with Crippen molar-refractivity contribution in [3.63, 3.8) is 0 Å². The molecule has 0 aromatic heterocycles. The molecule has 0 heterocycles. The van der Waals surface area contributed by atoms with E-state index in [0.29, 0.717) is 10.4 Å². The zero-order valence-corrected chi connectivity index (χ0v) is 14.1. The van der Waals surface area contributed by atoms with E-state index in [-0.39, 0.29) is 17.1 Å². The van der Waals surface area contributed by atoms with Crippen LogP contribution < -0.4 is 5.32 Å². The van der Waals surface area contributed by atoms with E-state index in [1.54, 1.807) is 6.07 Å². The summed E-state index contributed by atoms with van der Waals surface area (Å²) in [5.74, 6) is 0.524. The van der Waals surface area contributed by atoms with Crippen LogP contribution in [0.15, 0.2) is 22.7 Å². The molecule has 1 aliphatic rings. The summed E-state index contributed by atoms with van der Waals surface area (Å²) < 4.78 is 39.9. The fraction of sp³-hybridized carbons (Fsp3) is 0.625. The first kappa shape index (κ1) is 16.7. The number of hydrogen-bond donors (Lipinski definition) is 1. The van der Waals surface area contributed by atoms with Crippen LogP contribution in [0.1, 0.15) is 45.6 Å². The Bertz CT molecular complexity index is 511. The quantitative estimate of drug-likeness (QED) is 0.669. The minimum Gasteiger partial charge on any atom is -0.382 e. The molecule has 1 saturated carbocycles. The van der Waals surface area contributed by atoms with Crippen LogP contribution in [0.2, 0.25) is 0 Å². The van der Waals surface area contributed by atoms with Crippen LogP contribution in [-0.2, 0) is 6.18 Å². The van der Waals surface area contributed by atoms with Crippen molar-refractivity contribution in [2.75, 3.05) is 5.32 Å². The van der Waals surface area contributed by atoms with E-state index in [1.165, 1.54) is 6.07 Å². The lowest BCUT2D eigenvalue weighted by Gasteiger charge is -2.40. The lowest BCUT2D eigenvalue weighted by atomic mass is 9.70. The van der Waals surface area contributed by atoms with Gasteiger partial charge in [0.1, 0.15) is 0 Å². The minimum atomic E-state index is -4.35. The standard InChI is InChI=1S/C16H21BrF3N/c1-10-6-12(9-15(2,3)8-10)21-14-5-4-11(17)7-13(14)16(18,19)20/h4-5,7,10,12,21H,6,8-9H2,1-3H3. The second kappa shape index (κ2) is 5.82. The van der Waals surface area contributed by atoms with Gasteiger partial charge in [0.25, 0.3) is 0 Å². The molecule has 5 heteroatoms. The van der Waals surface area contributed by atoms with Gasteiger partial charge in [0.05, 0.1) is 5.56 Å². The molecule has 0 spiro atoms. The molecule has 0 bridgehead atoms. The Hall–Kier alpha value is -0.710. The van der Waals surface area contributed by atoms with Gasteiger partial charge in [0.2, 0.25) is 0 Å². The molecule has 0 saturated heterocycles. The first-order chi connectivity index (χ1) is 9.57. The molecule has 1 fully saturated rings. The maximum atomic E-state index is 13.2. The van der Waals surface area contributed by atoms with Gasteiger partial charge >= 0.3 is 6.18 Å². The van der Waals surface area contributed by atoms with Crippen LogP contribution in [-0.4, -0.2) is 6.04 Å². The van der Waals surface area contributed by atoms with Gasteiger partial charge in [-0.1, -0.05) is 36.7 Å². The van der Waals surface area contributed by atoms with E-state index in [1.807, 2.05) is 0 Å². The van der Waals surface area contributed by atoms with Gasteiger partial charge in [-0.25, -0.2) is 0 Å². The predicted molar refractivity (Wildman–Crippen MR) is 83.4 cm³/mol. The fourth-order valence-electron chi connectivity index (χ4n) is 3.55. The fourth-order valence-corrected chi connectivity index (χ4v) is 3.91. The lowest BCUT2D eigenvalue weighted by Crippen LogP contribution is -2.36. The highest BCUT2D eigenvalue weighted by atomic mass is 79.9. The Morgan fingerprint density at radius 3 is 2.48 bits per heavy atom. The maximum Gasteiger partial charge on any atom is 0.418 e. The summed E-state index contributed by atoms with van der Waals surface area (Å²) in [6.07, 6.45) is -1.42. The Balaban J connectivity index is 2.23. The molecule has 1 aromatic carbocycles. The van der Waals surface area contributed by atoms with Crippen LogP contribution in [0.4, 0.5) is 18.9 Å². The lowest BCUT2D eigenvalue weighted by molar-refractivity contribution is -0.137. The third-order valence-corrected chi connectivity index (χ3v) is 4.53. The second-order valence-electron chi connectivity index (χ2n) is 6.94. The summed E-state index contributed by atoms with van der Waals surface area (Å²) in [6, 6.07) is 4.39. The summed E-state index contributed by atoms with van der Waals surface area (Å²) in [7, 11) is 0. The zero-order valence-electron chi connectivity index (χ0n) is 12.5. The van der Waals surface area contributed by atoms with Gasteiger partial charge in [0, 0.05) is 16.2 Å². The van der Waals surface area contributed by atoms with Crippen LogP contribution in [0.5, 0.6) is 0 Å². The molecule has 0 aliphatic heterocycles. The van der Waals surface area contributed by atoms with E-state index in [0.717, 1.165) is 25.3 Å². The Kier molecular flexibility index (Phi) is 4.62. The molecule has 2 atom stereocenters. The van der Waals surface area contributed by atoms with E-state index in [4.69, 9.17) is 0 Å². The number of anilines is 1.